The predicted molar refractivity (Wildman–Crippen MR) is 76.8 cm³/mol. The van der Waals surface area contributed by atoms with Crippen LogP contribution in [0.25, 0.3) is 11.1 Å². The quantitative estimate of drug-likeness (QED) is 0.882. The van der Waals surface area contributed by atoms with Crippen LogP contribution in [0.1, 0.15) is 15.9 Å². The normalized spacial score (nSPS) is 10.3. The fourth-order valence-electron chi connectivity index (χ4n) is 1.82. The lowest BCUT2D eigenvalue weighted by Crippen LogP contribution is -2.02. The van der Waals surface area contributed by atoms with Crippen LogP contribution in [0, 0.1) is 0 Å². The number of esters is 1. The van der Waals surface area contributed by atoms with E-state index < -0.39 is 0 Å². The zero-order valence-corrected chi connectivity index (χ0v) is 12.0. The first-order valence-corrected chi connectivity index (χ1v) is 6.53. The van der Waals surface area contributed by atoms with E-state index in [-0.39, 0.29) is 12.6 Å². The third-order valence-corrected chi connectivity index (χ3v) is 3.51. The molecule has 0 aromatic heterocycles. The molecule has 2 aromatic carbocycles. The molecule has 0 saturated heterocycles. The van der Waals surface area contributed by atoms with Crippen LogP contribution >= 0.6 is 15.9 Å². The van der Waals surface area contributed by atoms with Gasteiger partial charge in [-0.1, -0.05) is 24.3 Å². The van der Waals surface area contributed by atoms with E-state index in [0.29, 0.717) is 10.0 Å². The molecule has 0 saturated carbocycles. The standard InChI is InChI=1S/C15H13BrO3/c1-19-15(18)13-8-12(5-6-14(13)16)11-4-2-3-10(7-11)9-17/h2-8,17H,9H2,1H3. The number of aliphatic hydroxyl groups excluding tert-OH is 1. The summed E-state index contributed by atoms with van der Waals surface area (Å²) in [5.41, 5.74) is 3.16. The highest BCUT2D eigenvalue weighted by atomic mass is 79.9. The van der Waals surface area contributed by atoms with Crippen molar-refractivity contribution < 1.29 is 14.6 Å². The second-order valence-corrected chi connectivity index (χ2v) is 4.90. The van der Waals surface area contributed by atoms with Gasteiger partial charge in [-0.25, -0.2) is 4.79 Å². The number of methoxy groups -OCH3 is 1. The molecule has 98 valence electrons. The van der Waals surface area contributed by atoms with Crippen LogP contribution in [0.2, 0.25) is 0 Å². The number of carbonyl (C=O) groups excluding carboxylic acids is 1. The summed E-state index contributed by atoms with van der Waals surface area (Å²) in [4.78, 5) is 11.6. The maximum atomic E-state index is 11.6. The number of hydrogen-bond donors (Lipinski definition) is 1. The molecular formula is C15H13BrO3. The molecule has 0 radical (unpaired) electrons. The third kappa shape index (κ3) is 3.03. The SMILES string of the molecule is COC(=O)c1cc(-c2cccc(CO)c2)ccc1Br. The van der Waals surface area contributed by atoms with Crippen molar-refractivity contribution in [3.8, 4) is 11.1 Å². The van der Waals surface area contributed by atoms with Gasteiger partial charge < -0.3 is 9.84 Å². The van der Waals surface area contributed by atoms with E-state index in [4.69, 9.17) is 9.84 Å². The topological polar surface area (TPSA) is 46.5 Å². The van der Waals surface area contributed by atoms with Crippen molar-refractivity contribution in [2.45, 2.75) is 6.61 Å². The van der Waals surface area contributed by atoms with Crippen LogP contribution in [0.3, 0.4) is 0 Å². The Labute approximate surface area is 120 Å². The lowest BCUT2D eigenvalue weighted by Gasteiger charge is -2.07. The molecule has 0 unspecified atom stereocenters. The van der Waals surface area contributed by atoms with Gasteiger partial charge in [-0.3, -0.25) is 0 Å². The molecule has 3 nitrogen and oxygen atoms in total. The van der Waals surface area contributed by atoms with Gasteiger partial charge in [0.05, 0.1) is 19.3 Å². The first kappa shape index (κ1) is 13.8. The highest BCUT2D eigenvalue weighted by molar-refractivity contribution is 9.10. The van der Waals surface area contributed by atoms with Crippen molar-refractivity contribution in [1.82, 2.24) is 0 Å². The number of ether oxygens (including phenoxy) is 1. The molecule has 0 bridgehead atoms. The molecule has 0 amide bonds. The van der Waals surface area contributed by atoms with E-state index in [1.807, 2.05) is 36.4 Å². The summed E-state index contributed by atoms with van der Waals surface area (Å²) >= 11 is 3.33. The Balaban J connectivity index is 2.48. The number of rotatable bonds is 3. The van der Waals surface area contributed by atoms with E-state index in [1.54, 1.807) is 6.07 Å². The van der Waals surface area contributed by atoms with Crippen molar-refractivity contribution in [1.29, 1.82) is 0 Å². The van der Waals surface area contributed by atoms with E-state index in [0.717, 1.165) is 16.7 Å². The Bertz CT molecular complexity index is 608. The maximum absolute atomic E-state index is 11.6. The smallest absolute Gasteiger partial charge is 0.339 e. The first-order chi connectivity index (χ1) is 9.15. The molecule has 1 N–H and O–H groups in total. The van der Waals surface area contributed by atoms with Gasteiger partial charge in [0.25, 0.3) is 0 Å². The lowest BCUT2D eigenvalue weighted by atomic mass is 10.0. The summed E-state index contributed by atoms with van der Waals surface area (Å²) in [6, 6.07) is 13.0. The van der Waals surface area contributed by atoms with Gasteiger partial charge in [0.2, 0.25) is 0 Å². The zero-order chi connectivity index (χ0) is 13.8. The van der Waals surface area contributed by atoms with Crippen molar-refractivity contribution in [3.05, 3.63) is 58.1 Å². The van der Waals surface area contributed by atoms with E-state index in [2.05, 4.69) is 15.9 Å². The highest BCUT2D eigenvalue weighted by Gasteiger charge is 2.11. The minimum atomic E-state index is -0.382. The van der Waals surface area contributed by atoms with Crippen LogP contribution in [-0.4, -0.2) is 18.2 Å². The summed E-state index contributed by atoms with van der Waals surface area (Å²) in [6.45, 7) is -0.00573. The van der Waals surface area contributed by atoms with Crippen molar-refractivity contribution in [3.63, 3.8) is 0 Å². The Morgan fingerprint density at radius 3 is 2.63 bits per heavy atom. The van der Waals surface area contributed by atoms with Gasteiger partial charge in [0.15, 0.2) is 0 Å². The molecule has 0 aliphatic heterocycles. The Morgan fingerprint density at radius 1 is 1.21 bits per heavy atom. The summed E-state index contributed by atoms with van der Waals surface area (Å²) in [6.07, 6.45) is 0. The summed E-state index contributed by atoms with van der Waals surface area (Å²) in [5, 5.41) is 9.15. The molecule has 19 heavy (non-hydrogen) atoms. The van der Waals surface area contributed by atoms with Gasteiger partial charge in [0.1, 0.15) is 0 Å². The van der Waals surface area contributed by atoms with Crippen LogP contribution < -0.4 is 0 Å². The van der Waals surface area contributed by atoms with E-state index >= 15 is 0 Å². The minimum absolute atomic E-state index is 0.00573. The van der Waals surface area contributed by atoms with Crippen molar-refractivity contribution in [2.24, 2.45) is 0 Å². The van der Waals surface area contributed by atoms with Crippen LogP contribution in [0.5, 0.6) is 0 Å². The van der Waals surface area contributed by atoms with Crippen LogP contribution in [0.4, 0.5) is 0 Å². The third-order valence-electron chi connectivity index (χ3n) is 2.81. The van der Waals surface area contributed by atoms with Crippen molar-refractivity contribution in [2.75, 3.05) is 7.11 Å². The molecule has 0 atom stereocenters. The Morgan fingerprint density at radius 2 is 1.95 bits per heavy atom. The molecule has 2 rings (SSSR count). The predicted octanol–water partition coefficient (Wildman–Crippen LogP) is 3.40. The van der Waals surface area contributed by atoms with Crippen LogP contribution in [0.15, 0.2) is 46.9 Å². The largest absolute Gasteiger partial charge is 0.465 e. The molecule has 0 spiro atoms. The second-order valence-electron chi connectivity index (χ2n) is 4.04. The summed E-state index contributed by atoms with van der Waals surface area (Å²) in [7, 11) is 1.35. The molecule has 2 aromatic rings. The fraction of sp³-hybridized carbons (Fsp3) is 0.133. The van der Waals surface area contributed by atoms with Gasteiger partial charge >= 0.3 is 5.97 Å². The summed E-state index contributed by atoms with van der Waals surface area (Å²) < 4.78 is 5.44. The highest BCUT2D eigenvalue weighted by Crippen LogP contribution is 2.26. The Hall–Kier alpha value is -1.65. The monoisotopic (exact) mass is 320 g/mol. The number of benzene rings is 2. The van der Waals surface area contributed by atoms with Gasteiger partial charge in [0, 0.05) is 4.47 Å². The molecule has 0 aliphatic rings. The van der Waals surface area contributed by atoms with Gasteiger partial charge in [-0.2, -0.15) is 0 Å². The average Bonchev–Trinajstić information content (AvgIpc) is 2.47. The molecular weight excluding hydrogens is 308 g/mol. The number of halogens is 1. The average molecular weight is 321 g/mol. The number of carbonyl (C=O) groups is 1. The minimum Gasteiger partial charge on any atom is -0.465 e. The zero-order valence-electron chi connectivity index (χ0n) is 10.4. The fourth-order valence-corrected chi connectivity index (χ4v) is 2.23. The molecule has 0 aliphatic carbocycles. The Kier molecular flexibility index (Phi) is 4.35. The molecule has 4 heteroatoms. The lowest BCUT2D eigenvalue weighted by molar-refractivity contribution is 0.0599. The number of hydrogen-bond acceptors (Lipinski definition) is 3. The molecule has 0 fully saturated rings. The van der Waals surface area contributed by atoms with E-state index in [1.165, 1.54) is 7.11 Å². The second kappa shape index (κ2) is 5.99. The van der Waals surface area contributed by atoms with E-state index in [9.17, 15) is 4.79 Å². The molecule has 0 heterocycles. The van der Waals surface area contributed by atoms with Crippen molar-refractivity contribution >= 4 is 21.9 Å². The summed E-state index contributed by atoms with van der Waals surface area (Å²) in [5.74, 6) is -0.382. The number of aliphatic hydroxyl groups is 1. The first-order valence-electron chi connectivity index (χ1n) is 5.73. The van der Waals surface area contributed by atoms with Gasteiger partial charge in [-0.15, -0.1) is 0 Å². The maximum Gasteiger partial charge on any atom is 0.339 e. The van der Waals surface area contributed by atoms with Crippen LogP contribution in [-0.2, 0) is 11.3 Å². The van der Waals surface area contributed by atoms with Gasteiger partial charge in [-0.05, 0) is 50.8 Å².